The van der Waals surface area contributed by atoms with Gasteiger partial charge in [-0.1, -0.05) is 19.1 Å². The van der Waals surface area contributed by atoms with Gasteiger partial charge in [0, 0.05) is 48.3 Å². The number of fused-ring (bicyclic) bond motifs is 2. The lowest BCUT2D eigenvalue weighted by atomic mass is 9.82. The van der Waals surface area contributed by atoms with Crippen LogP contribution in [0.25, 0.3) is 0 Å². The number of ether oxygens (including phenoxy) is 2. The summed E-state index contributed by atoms with van der Waals surface area (Å²) in [4.78, 5) is 79.4. The quantitative estimate of drug-likeness (QED) is 0.131. The molecule has 0 aliphatic carbocycles. The summed E-state index contributed by atoms with van der Waals surface area (Å²) >= 11 is 0. The van der Waals surface area contributed by atoms with E-state index in [1.54, 1.807) is 49.2 Å². The standard InChI is InChI=1S/C33H40N4O10Si/c1-19-31(48(3,4)45)27(15-28(40)34-13-5-6-24(34)18-38)47-33(19)25-14-23(37(43)44)11-12-26(25)35(32(33)42)17-21-7-9-22(10-8-21)36-29(41)16-30(36)46-20(2)39/h7-12,14,19,24,27,30-31,38,45H,5-6,13,15-18H2,1-4H3/t19-,24-,27+,30?,31-,33+/m0/s1. The molecule has 4 aliphatic rings. The number of likely N-dealkylation sites (tertiary alicyclic amines) is 1. The average Bonchev–Trinajstić information content (AvgIpc) is 3.67. The number of non-ortho nitro benzene ring substituents is 1. The zero-order chi connectivity index (χ0) is 34.7. The van der Waals surface area contributed by atoms with Gasteiger partial charge in [-0.25, -0.2) is 0 Å². The molecule has 1 spiro atoms. The number of nitro benzene ring substituents is 1. The minimum atomic E-state index is -3.11. The third-order valence-corrected chi connectivity index (χ3v) is 12.7. The first-order valence-corrected chi connectivity index (χ1v) is 19.2. The number of aliphatic hydroxyl groups is 1. The minimum Gasteiger partial charge on any atom is -0.441 e. The maximum Gasteiger partial charge on any atom is 0.304 e. The zero-order valence-corrected chi connectivity index (χ0v) is 28.3. The normalized spacial score (nSPS) is 28.2. The molecule has 3 saturated heterocycles. The van der Waals surface area contributed by atoms with Gasteiger partial charge in [-0.3, -0.25) is 34.2 Å². The molecular weight excluding hydrogens is 640 g/mol. The van der Waals surface area contributed by atoms with Crippen molar-refractivity contribution < 1.29 is 43.5 Å². The molecule has 2 aromatic carbocycles. The number of nitro groups is 1. The Morgan fingerprint density at radius 2 is 1.88 bits per heavy atom. The fourth-order valence-corrected chi connectivity index (χ4v) is 10.7. The molecule has 0 aromatic heterocycles. The van der Waals surface area contributed by atoms with Gasteiger partial charge in [0.05, 0.1) is 48.7 Å². The van der Waals surface area contributed by atoms with Crippen molar-refractivity contribution in [3.63, 3.8) is 0 Å². The van der Waals surface area contributed by atoms with E-state index in [2.05, 4.69) is 0 Å². The van der Waals surface area contributed by atoms with E-state index in [0.29, 0.717) is 35.5 Å². The maximum absolute atomic E-state index is 14.7. The molecule has 6 atom stereocenters. The van der Waals surface area contributed by atoms with E-state index in [4.69, 9.17) is 9.47 Å². The molecule has 3 fully saturated rings. The number of benzene rings is 2. The Kier molecular flexibility index (Phi) is 8.68. The molecule has 4 heterocycles. The van der Waals surface area contributed by atoms with E-state index < -0.39 is 54.5 Å². The molecular formula is C33H40N4O10Si. The van der Waals surface area contributed by atoms with Crippen molar-refractivity contribution in [3.8, 4) is 0 Å². The van der Waals surface area contributed by atoms with Gasteiger partial charge in [0.15, 0.2) is 20.1 Å². The highest BCUT2D eigenvalue weighted by molar-refractivity contribution is 6.71. The SMILES string of the molecule is CC(=O)OC1CC(=O)N1c1ccc(CN2C(=O)[C@]3(O[C@H](CC(=O)N4CCC[C@H]4CO)[C@@H]([Si](C)(C)O)[C@@H]3C)c3cc([N+](=O)[O-])ccc32)cc1. The van der Waals surface area contributed by atoms with E-state index in [0.717, 1.165) is 6.42 Å². The summed E-state index contributed by atoms with van der Waals surface area (Å²) in [6.07, 6.45) is -0.0882. The second-order valence-electron chi connectivity index (χ2n) is 13.7. The van der Waals surface area contributed by atoms with Crippen LogP contribution in [0.3, 0.4) is 0 Å². The molecule has 1 unspecified atom stereocenters. The van der Waals surface area contributed by atoms with Gasteiger partial charge < -0.3 is 29.2 Å². The highest BCUT2D eigenvalue weighted by atomic mass is 28.4. The van der Waals surface area contributed by atoms with E-state index in [-0.39, 0.29) is 49.5 Å². The first-order valence-electron chi connectivity index (χ1n) is 16.2. The van der Waals surface area contributed by atoms with Crippen LogP contribution >= 0.6 is 0 Å². The molecule has 256 valence electrons. The number of β-lactam (4-membered cyclic amide) rings is 1. The Morgan fingerprint density at radius 1 is 1.17 bits per heavy atom. The number of hydrogen-bond acceptors (Lipinski definition) is 10. The van der Waals surface area contributed by atoms with Crippen LogP contribution in [0.2, 0.25) is 18.6 Å². The topological polar surface area (TPSA) is 180 Å². The fourth-order valence-electron chi connectivity index (χ4n) is 8.11. The van der Waals surface area contributed by atoms with Gasteiger partial charge in [-0.05, 0) is 49.7 Å². The van der Waals surface area contributed by atoms with Crippen LogP contribution < -0.4 is 9.80 Å². The summed E-state index contributed by atoms with van der Waals surface area (Å²) in [5.41, 5.74) is -0.505. The molecule has 14 nitrogen and oxygen atoms in total. The Bertz CT molecular complexity index is 1660. The van der Waals surface area contributed by atoms with Crippen LogP contribution in [-0.4, -0.2) is 83.3 Å². The summed E-state index contributed by atoms with van der Waals surface area (Å²) in [5.74, 6) is -2.00. The number of carbonyl (C=O) groups excluding carboxylic acids is 4. The zero-order valence-electron chi connectivity index (χ0n) is 27.3. The van der Waals surface area contributed by atoms with E-state index in [1.807, 2.05) is 0 Å². The summed E-state index contributed by atoms with van der Waals surface area (Å²) in [7, 11) is -3.11. The molecule has 48 heavy (non-hydrogen) atoms. The lowest BCUT2D eigenvalue weighted by molar-refractivity contribution is -0.385. The summed E-state index contributed by atoms with van der Waals surface area (Å²) in [6.45, 7) is 6.97. The van der Waals surface area contributed by atoms with Crippen molar-refractivity contribution in [2.24, 2.45) is 5.92 Å². The van der Waals surface area contributed by atoms with E-state index in [9.17, 15) is 39.2 Å². The van der Waals surface area contributed by atoms with Crippen molar-refractivity contribution in [1.29, 1.82) is 0 Å². The maximum atomic E-state index is 14.7. The van der Waals surface area contributed by atoms with Gasteiger partial charge in [-0.2, -0.15) is 0 Å². The van der Waals surface area contributed by atoms with Gasteiger partial charge >= 0.3 is 5.97 Å². The third kappa shape index (κ3) is 5.57. The lowest BCUT2D eigenvalue weighted by Gasteiger charge is -2.39. The van der Waals surface area contributed by atoms with Gasteiger partial charge in [0.25, 0.3) is 11.6 Å². The summed E-state index contributed by atoms with van der Waals surface area (Å²) in [6, 6.07) is 10.8. The Labute approximate surface area is 278 Å². The second kappa shape index (κ2) is 12.4. The Morgan fingerprint density at radius 3 is 2.48 bits per heavy atom. The second-order valence-corrected chi connectivity index (χ2v) is 17.7. The predicted octanol–water partition coefficient (Wildman–Crippen LogP) is 2.94. The molecule has 0 radical (unpaired) electrons. The first kappa shape index (κ1) is 33.7. The van der Waals surface area contributed by atoms with Gasteiger partial charge in [0.2, 0.25) is 11.8 Å². The van der Waals surface area contributed by atoms with Crippen molar-refractivity contribution in [2.45, 2.75) is 88.7 Å². The molecule has 3 amide bonds. The van der Waals surface area contributed by atoms with Crippen LogP contribution in [0.4, 0.5) is 17.1 Å². The molecule has 2 aromatic rings. The van der Waals surface area contributed by atoms with E-state index in [1.165, 1.54) is 34.9 Å². The van der Waals surface area contributed by atoms with Crippen LogP contribution in [0, 0.1) is 16.0 Å². The number of anilines is 2. The number of hydrogen-bond donors (Lipinski definition) is 2. The monoisotopic (exact) mass is 680 g/mol. The molecule has 0 saturated carbocycles. The fraction of sp³-hybridized carbons (Fsp3) is 0.515. The number of esters is 1. The molecule has 6 rings (SSSR count). The third-order valence-electron chi connectivity index (χ3n) is 10.2. The average molecular weight is 681 g/mol. The van der Waals surface area contributed by atoms with Crippen LogP contribution in [0.1, 0.15) is 50.7 Å². The van der Waals surface area contributed by atoms with Crippen LogP contribution in [0.5, 0.6) is 0 Å². The predicted molar refractivity (Wildman–Crippen MR) is 174 cm³/mol. The van der Waals surface area contributed by atoms with Gasteiger partial charge in [-0.15, -0.1) is 0 Å². The van der Waals surface area contributed by atoms with E-state index >= 15 is 0 Å². The highest BCUT2D eigenvalue weighted by Gasteiger charge is 2.66. The largest absolute Gasteiger partial charge is 0.441 e. The number of rotatable bonds is 9. The first-order chi connectivity index (χ1) is 22.7. The van der Waals surface area contributed by atoms with Crippen LogP contribution in [0.15, 0.2) is 42.5 Å². The smallest absolute Gasteiger partial charge is 0.304 e. The van der Waals surface area contributed by atoms with Crippen molar-refractivity contribution in [1.82, 2.24) is 4.90 Å². The minimum absolute atomic E-state index is 0.0727. The lowest BCUT2D eigenvalue weighted by Crippen LogP contribution is -2.54. The number of nitrogens with zero attached hydrogens (tertiary/aromatic N) is 4. The Hall–Kier alpha value is -4.18. The summed E-state index contributed by atoms with van der Waals surface area (Å²) < 4.78 is 11.9. The van der Waals surface area contributed by atoms with Crippen LogP contribution in [-0.2, 0) is 40.8 Å². The highest BCUT2D eigenvalue weighted by Crippen LogP contribution is 2.60. The summed E-state index contributed by atoms with van der Waals surface area (Å²) in [5, 5.41) is 21.7. The Balaban J connectivity index is 1.33. The number of carbonyl (C=O) groups is 4. The molecule has 2 N–H and O–H groups in total. The number of amides is 3. The van der Waals surface area contributed by atoms with Gasteiger partial charge in [0.1, 0.15) is 0 Å². The van der Waals surface area contributed by atoms with Crippen molar-refractivity contribution in [2.75, 3.05) is 23.0 Å². The molecule has 15 heteroatoms. The van der Waals surface area contributed by atoms with Crippen molar-refractivity contribution in [3.05, 3.63) is 63.7 Å². The van der Waals surface area contributed by atoms with Crippen molar-refractivity contribution >= 4 is 49.1 Å². The number of aliphatic hydroxyl groups excluding tert-OH is 1. The molecule has 4 aliphatic heterocycles. The molecule has 0 bridgehead atoms.